The first-order valence-electron chi connectivity index (χ1n) is 9.77. The SMILES string of the molecule is Cc1ccccc1CN1CC(c2nc(-c3ccc(C(C)C)cc3)no2)CC1=O. The van der Waals surface area contributed by atoms with Crippen LogP contribution in [0.3, 0.4) is 0 Å². The van der Waals surface area contributed by atoms with Crippen molar-refractivity contribution in [1.29, 1.82) is 0 Å². The van der Waals surface area contributed by atoms with Crippen LogP contribution < -0.4 is 0 Å². The number of rotatable bonds is 5. The van der Waals surface area contributed by atoms with E-state index >= 15 is 0 Å². The second kappa shape index (κ2) is 7.58. The third-order valence-corrected chi connectivity index (χ3v) is 5.46. The third-order valence-electron chi connectivity index (χ3n) is 5.46. The summed E-state index contributed by atoms with van der Waals surface area (Å²) in [5, 5.41) is 4.14. The van der Waals surface area contributed by atoms with Gasteiger partial charge in [-0.1, -0.05) is 67.5 Å². The predicted molar refractivity (Wildman–Crippen MR) is 108 cm³/mol. The zero-order valence-electron chi connectivity index (χ0n) is 16.6. The molecule has 0 spiro atoms. The first kappa shape index (κ1) is 18.4. The summed E-state index contributed by atoms with van der Waals surface area (Å²) in [6.07, 6.45) is 0.416. The highest BCUT2D eigenvalue weighted by Crippen LogP contribution is 2.30. The summed E-state index contributed by atoms with van der Waals surface area (Å²) in [5.41, 5.74) is 4.58. The van der Waals surface area contributed by atoms with Gasteiger partial charge in [-0.3, -0.25) is 4.79 Å². The summed E-state index contributed by atoms with van der Waals surface area (Å²) >= 11 is 0. The Kier molecular flexibility index (Phi) is 4.99. The Morgan fingerprint density at radius 1 is 1.14 bits per heavy atom. The molecule has 4 rings (SSSR count). The van der Waals surface area contributed by atoms with E-state index in [2.05, 4.69) is 55.2 Å². The van der Waals surface area contributed by atoms with Gasteiger partial charge in [0, 0.05) is 25.1 Å². The van der Waals surface area contributed by atoms with E-state index in [1.807, 2.05) is 29.2 Å². The Bertz CT molecular complexity index is 976. The van der Waals surface area contributed by atoms with Crippen LogP contribution in [0.25, 0.3) is 11.4 Å². The highest BCUT2D eigenvalue weighted by Gasteiger charge is 2.34. The van der Waals surface area contributed by atoms with Crippen LogP contribution in [-0.2, 0) is 11.3 Å². The standard InChI is InChI=1S/C23H25N3O2/c1-15(2)17-8-10-18(11-9-17)22-24-23(28-25-22)20-12-21(27)26(14-20)13-19-7-5-4-6-16(19)3/h4-11,15,20H,12-14H2,1-3H3. The lowest BCUT2D eigenvalue weighted by Crippen LogP contribution is -2.24. The lowest BCUT2D eigenvalue weighted by Gasteiger charge is -2.17. The van der Waals surface area contributed by atoms with Crippen molar-refractivity contribution < 1.29 is 9.32 Å². The number of carbonyl (C=O) groups is 1. The number of aromatic nitrogens is 2. The molecule has 1 aliphatic heterocycles. The Morgan fingerprint density at radius 3 is 2.61 bits per heavy atom. The van der Waals surface area contributed by atoms with Crippen molar-refractivity contribution in [2.24, 2.45) is 0 Å². The highest BCUT2D eigenvalue weighted by atomic mass is 16.5. The molecule has 1 saturated heterocycles. The van der Waals surface area contributed by atoms with Gasteiger partial charge in [-0.05, 0) is 29.5 Å². The summed E-state index contributed by atoms with van der Waals surface area (Å²) in [4.78, 5) is 18.9. The summed E-state index contributed by atoms with van der Waals surface area (Å²) < 4.78 is 5.51. The van der Waals surface area contributed by atoms with Gasteiger partial charge in [0.25, 0.3) is 0 Å². The van der Waals surface area contributed by atoms with Gasteiger partial charge in [-0.15, -0.1) is 0 Å². The fraction of sp³-hybridized carbons (Fsp3) is 0.348. The maximum atomic E-state index is 12.5. The normalized spacial score (nSPS) is 16.9. The molecule has 1 amide bonds. The van der Waals surface area contributed by atoms with Crippen molar-refractivity contribution in [2.75, 3.05) is 6.54 Å². The highest BCUT2D eigenvalue weighted by molar-refractivity contribution is 5.79. The zero-order chi connectivity index (χ0) is 19.7. The van der Waals surface area contributed by atoms with Crippen molar-refractivity contribution in [3.63, 3.8) is 0 Å². The maximum absolute atomic E-state index is 12.5. The molecule has 5 nitrogen and oxygen atoms in total. The molecule has 28 heavy (non-hydrogen) atoms. The number of aryl methyl sites for hydroxylation is 1. The van der Waals surface area contributed by atoms with E-state index in [0.717, 1.165) is 5.56 Å². The van der Waals surface area contributed by atoms with Crippen LogP contribution in [0, 0.1) is 6.92 Å². The first-order valence-corrected chi connectivity index (χ1v) is 9.77. The van der Waals surface area contributed by atoms with E-state index in [1.165, 1.54) is 16.7 Å². The third kappa shape index (κ3) is 3.70. The van der Waals surface area contributed by atoms with Crippen molar-refractivity contribution in [2.45, 2.75) is 45.6 Å². The van der Waals surface area contributed by atoms with E-state index in [0.29, 0.717) is 37.1 Å². The number of benzene rings is 2. The van der Waals surface area contributed by atoms with Gasteiger partial charge in [-0.2, -0.15) is 4.98 Å². The quantitative estimate of drug-likeness (QED) is 0.649. The molecule has 1 fully saturated rings. The molecule has 0 bridgehead atoms. The van der Waals surface area contributed by atoms with Gasteiger partial charge in [0.15, 0.2) is 0 Å². The topological polar surface area (TPSA) is 59.2 Å². The predicted octanol–water partition coefficient (Wildman–Crippen LogP) is 4.68. The number of hydrogen-bond donors (Lipinski definition) is 0. The number of nitrogens with zero attached hydrogens (tertiary/aromatic N) is 3. The van der Waals surface area contributed by atoms with E-state index < -0.39 is 0 Å². The molecule has 0 radical (unpaired) electrons. The fourth-order valence-corrected chi connectivity index (χ4v) is 3.62. The second-order valence-corrected chi connectivity index (χ2v) is 7.83. The molecule has 144 valence electrons. The monoisotopic (exact) mass is 375 g/mol. The number of carbonyl (C=O) groups excluding carboxylic acids is 1. The molecule has 2 aromatic carbocycles. The Hall–Kier alpha value is -2.95. The smallest absolute Gasteiger partial charge is 0.232 e. The molecule has 2 heterocycles. The van der Waals surface area contributed by atoms with Crippen molar-refractivity contribution in [3.8, 4) is 11.4 Å². The van der Waals surface area contributed by atoms with Crippen molar-refractivity contribution >= 4 is 5.91 Å². The Labute approximate surface area is 165 Å². The first-order chi connectivity index (χ1) is 13.5. The van der Waals surface area contributed by atoms with Gasteiger partial charge in [0.05, 0.1) is 5.92 Å². The van der Waals surface area contributed by atoms with Crippen LogP contribution in [0.2, 0.25) is 0 Å². The Balaban J connectivity index is 1.47. The molecule has 0 aliphatic carbocycles. The molecule has 5 heteroatoms. The average Bonchev–Trinajstić information content (AvgIpc) is 3.31. The molecule has 0 N–H and O–H groups in total. The van der Waals surface area contributed by atoms with Crippen LogP contribution in [0.15, 0.2) is 53.1 Å². The molecule has 1 aliphatic rings. The summed E-state index contributed by atoms with van der Waals surface area (Å²) in [7, 11) is 0. The number of amides is 1. The minimum Gasteiger partial charge on any atom is -0.339 e. The van der Waals surface area contributed by atoms with Crippen molar-refractivity contribution in [3.05, 3.63) is 71.1 Å². The van der Waals surface area contributed by atoms with Crippen molar-refractivity contribution in [1.82, 2.24) is 15.0 Å². The van der Waals surface area contributed by atoms with Gasteiger partial charge in [0.2, 0.25) is 17.6 Å². The molecule has 1 aromatic heterocycles. The number of likely N-dealkylation sites (tertiary alicyclic amines) is 1. The van der Waals surface area contributed by atoms with Gasteiger partial charge in [0.1, 0.15) is 0 Å². The van der Waals surface area contributed by atoms with Crippen LogP contribution >= 0.6 is 0 Å². The van der Waals surface area contributed by atoms with E-state index in [1.54, 1.807) is 0 Å². The second-order valence-electron chi connectivity index (χ2n) is 7.83. The van der Waals surface area contributed by atoms with Crippen LogP contribution in [0.5, 0.6) is 0 Å². The summed E-state index contributed by atoms with van der Waals surface area (Å²) in [6, 6.07) is 16.4. The molecular formula is C23H25N3O2. The largest absolute Gasteiger partial charge is 0.339 e. The van der Waals surface area contributed by atoms with Crippen LogP contribution in [0.4, 0.5) is 0 Å². The van der Waals surface area contributed by atoms with Gasteiger partial charge < -0.3 is 9.42 Å². The van der Waals surface area contributed by atoms with E-state index in [-0.39, 0.29) is 11.8 Å². The average molecular weight is 375 g/mol. The van der Waals surface area contributed by atoms with Gasteiger partial charge in [-0.25, -0.2) is 0 Å². The number of hydrogen-bond acceptors (Lipinski definition) is 4. The summed E-state index contributed by atoms with van der Waals surface area (Å²) in [5.74, 6) is 1.69. The minimum atomic E-state index is -0.0484. The Morgan fingerprint density at radius 2 is 1.89 bits per heavy atom. The van der Waals surface area contributed by atoms with E-state index in [9.17, 15) is 4.79 Å². The fourth-order valence-electron chi connectivity index (χ4n) is 3.62. The molecule has 1 atom stereocenters. The lowest BCUT2D eigenvalue weighted by molar-refractivity contribution is -0.128. The molecular weight excluding hydrogens is 350 g/mol. The minimum absolute atomic E-state index is 0.0484. The van der Waals surface area contributed by atoms with E-state index in [4.69, 9.17) is 4.52 Å². The van der Waals surface area contributed by atoms with Crippen LogP contribution in [-0.4, -0.2) is 27.5 Å². The molecule has 3 aromatic rings. The zero-order valence-corrected chi connectivity index (χ0v) is 16.6. The lowest BCUT2D eigenvalue weighted by atomic mass is 10.0. The van der Waals surface area contributed by atoms with Crippen LogP contribution in [0.1, 0.15) is 54.7 Å². The van der Waals surface area contributed by atoms with Gasteiger partial charge >= 0.3 is 0 Å². The molecule has 0 saturated carbocycles. The molecule has 1 unspecified atom stereocenters. The summed E-state index contributed by atoms with van der Waals surface area (Å²) in [6.45, 7) is 7.64. The maximum Gasteiger partial charge on any atom is 0.232 e.